The highest BCUT2D eigenvalue weighted by Crippen LogP contribution is 2.30. The van der Waals surface area contributed by atoms with Gasteiger partial charge in [0.25, 0.3) is 11.8 Å². The van der Waals surface area contributed by atoms with E-state index >= 15 is 0 Å². The van der Waals surface area contributed by atoms with Gasteiger partial charge in [0.05, 0.1) is 10.9 Å². The third-order valence-corrected chi connectivity index (χ3v) is 2.34. The Morgan fingerprint density at radius 1 is 1.53 bits per heavy atom. The molecule has 1 amide bonds. The van der Waals surface area contributed by atoms with E-state index in [-0.39, 0.29) is 17.0 Å². The lowest BCUT2D eigenvalue weighted by molar-refractivity contribution is 0.100. The van der Waals surface area contributed by atoms with E-state index in [1.165, 1.54) is 6.07 Å². The zero-order valence-electron chi connectivity index (χ0n) is 8.77. The predicted octanol–water partition coefficient (Wildman–Crippen LogP) is 0.918. The van der Waals surface area contributed by atoms with Crippen molar-refractivity contribution in [1.29, 1.82) is 0 Å². The predicted molar refractivity (Wildman–Crippen MR) is 62.1 cm³/mol. The number of amides is 1. The highest BCUT2D eigenvalue weighted by Gasteiger charge is 2.17. The van der Waals surface area contributed by atoms with Crippen LogP contribution in [0.15, 0.2) is 16.7 Å². The second-order valence-electron chi connectivity index (χ2n) is 3.32. The van der Waals surface area contributed by atoms with Crippen molar-refractivity contribution >= 4 is 28.5 Å². The molecule has 6 nitrogen and oxygen atoms in total. The Kier molecular flexibility index (Phi) is 3.16. The molecule has 17 heavy (non-hydrogen) atoms. The van der Waals surface area contributed by atoms with Crippen LogP contribution in [0.4, 0.5) is 0 Å². The number of carbonyl (C=O) groups is 1. The van der Waals surface area contributed by atoms with Gasteiger partial charge < -0.3 is 20.7 Å². The molecule has 0 aliphatic rings. The molecule has 1 aromatic carbocycles. The van der Waals surface area contributed by atoms with Crippen LogP contribution in [0, 0.1) is 0 Å². The molecule has 7 heteroatoms. The molecular formula is C10H10ClN3O3. The number of hydrogen-bond donors (Lipinski definition) is 2. The van der Waals surface area contributed by atoms with Gasteiger partial charge in [-0.25, -0.2) is 0 Å². The van der Waals surface area contributed by atoms with Crippen molar-refractivity contribution in [2.45, 2.75) is 0 Å². The van der Waals surface area contributed by atoms with E-state index in [0.29, 0.717) is 23.6 Å². The molecule has 0 saturated heterocycles. The third-order valence-electron chi connectivity index (χ3n) is 2.13. The molecule has 0 atom stereocenters. The SMILES string of the molecule is NCCOc1noc2c(C(N)=O)cc(Cl)cc12. The zero-order chi connectivity index (χ0) is 12.4. The number of ether oxygens (including phenoxy) is 1. The maximum Gasteiger partial charge on any atom is 0.262 e. The minimum absolute atomic E-state index is 0.169. The smallest absolute Gasteiger partial charge is 0.262 e. The molecule has 90 valence electrons. The van der Waals surface area contributed by atoms with Gasteiger partial charge in [-0.15, -0.1) is 0 Å². The first-order valence-corrected chi connectivity index (χ1v) is 5.23. The first-order chi connectivity index (χ1) is 8.13. The summed E-state index contributed by atoms with van der Waals surface area (Å²) in [7, 11) is 0. The molecule has 0 aliphatic carbocycles. The Morgan fingerprint density at radius 3 is 2.94 bits per heavy atom. The second kappa shape index (κ2) is 4.60. The van der Waals surface area contributed by atoms with E-state index < -0.39 is 5.91 Å². The van der Waals surface area contributed by atoms with Crippen molar-refractivity contribution in [1.82, 2.24) is 5.16 Å². The van der Waals surface area contributed by atoms with E-state index in [4.69, 9.17) is 32.3 Å². The van der Waals surface area contributed by atoms with Crippen molar-refractivity contribution < 1.29 is 14.1 Å². The number of benzene rings is 1. The summed E-state index contributed by atoms with van der Waals surface area (Å²) in [6.07, 6.45) is 0. The van der Waals surface area contributed by atoms with E-state index in [1.807, 2.05) is 0 Å². The number of nitrogens with two attached hydrogens (primary N) is 2. The standard InChI is InChI=1S/C10H10ClN3O3/c11-5-3-6(9(13)15)8-7(4-5)10(14-17-8)16-2-1-12/h3-4H,1-2,12H2,(H2,13,15). The Bertz CT molecular complexity index is 567. The van der Waals surface area contributed by atoms with Crippen molar-refractivity contribution in [2.24, 2.45) is 11.5 Å². The van der Waals surface area contributed by atoms with E-state index in [9.17, 15) is 4.79 Å². The summed E-state index contributed by atoms with van der Waals surface area (Å²) in [5.74, 6) is -0.394. The highest BCUT2D eigenvalue weighted by atomic mass is 35.5. The summed E-state index contributed by atoms with van der Waals surface area (Å²) in [6.45, 7) is 0.637. The van der Waals surface area contributed by atoms with Crippen LogP contribution in [0.25, 0.3) is 11.0 Å². The monoisotopic (exact) mass is 255 g/mol. The topological polar surface area (TPSA) is 104 Å². The number of fused-ring (bicyclic) bond motifs is 1. The van der Waals surface area contributed by atoms with Crippen LogP contribution in [-0.2, 0) is 0 Å². The highest BCUT2D eigenvalue weighted by molar-refractivity contribution is 6.32. The van der Waals surface area contributed by atoms with E-state index in [0.717, 1.165) is 0 Å². The third kappa shape index (κ3) is 2.17. The van der Waals surface area contributed by atoms with Crippen LogP contribution in [-0.4, -0.2) is 24.2 Å². The minimum Gasteiger partial charge on any atom is -0.474 e. The summed E-state index contributed by atoms with van der Waals surface area (Å²) in [6, 6.07) is 3.01. The average molecular weight is 256 g/mol. The summed E-state index contributed by atoms with van der Waals surface area (Å²) in [5.41, 5.74) is 11.0. The lowest BCUT2D eigenvalue weighted by atomic mass is 10.1. The molecule has 0 fully saturated rings. The fourth-order valence-electron chi connectivity index (χ4n) is 1.43. The van der Waals surface area contributed by atoms with E-state index in [1.54, 1.807) is 6.07 Å². The van der Waals surface area contributed by atoms with Gasteiger partial charge in [0.1, 0.15) is 6.61 Å². The lowest BCUT2D eigenvalue weighted by Gasteiger charge is -2.00. The number of hydrogen-bond acceptors (Lipinski definition) is 5. The number of rotatable bonds is 4. The van der Waals surface area contributed by atoms with Gasteiger partial charge in [0.15, 0.2) is 5.58 Å². The van der Waals surface area contributed by atoms with Crippen LogP contribution in [0.5, 0.6) is 5.88 Å². The largest absolute Gasteiger partial charge is 0.474 e. The van der Waals surface area contributed by atoms with E-state index in [2.05, 4.69) is 5.16 Å². The fourth-order valence-corrected chi connectivity index (χ4v) is 1.65. The first kappa shape index (κ1) is 11.7. The van der Waals surface area contributed by atoms with Gasteiger partial charge in [-0.1, -0.05) is 11.6 Å². The molecule has 2 aromatic rings. The van der Waals surface area contributed by atoms with Crippen LogP contribution < -0.4 is 16.2 Å². The van der Waals surface area contributed by atoms with Gasteiger partial charge in [0.2, 0.25) is 0 Å². The zero-order valence-corrected chi connectivity index (χ0v) is 9.53. The van der Waals surface area contributed by atoms with Crippen LogP contribution in [0.3, 0.4) is 0 Å². The lowest BCUT2D eigenvalue weighted by Crippen LogP contribution is -2.11. The number of carbonyl (C=O) groups excluding carboxylic acids is 1. The fraction of sp³-hybridized carbons (Fsp3) is 0.200. The summed E-state index contributed by atoms with van der Waals surface area (Å²) in [4.78, 5) is 11.2. The second-order valence-corrected chi connectivity index (χ2v) is 3.76. The number of primary amides is 1. The number of halogens is 1. The Labute approximate surface area is 101 Å². The molecule has 0 bridgehead atoms. The van der Waals surface area contributed by atoms with Gasteiger partial charge in [-0.3, -0.25) is 4.79 Å². The van der Waals surface area contributed by atoms with Crippen LogP contribution in [0.1, 0.15) is 10.4 Å². The molecular weight excluding hydrogens is 246 g/mol. The molecule has 1 heterocycles. The molecule has 0 aliphatic heterocycles. The molecule has 0 saturated carbocycles. The maximum atomic E-state index is 11.2. The van der Waals surface area contributed by atoms with Gasteiger partial charge in [-0.05, 0) is 17.3 Å². The van der Waals surface area contributed by atoms with Crippen LogP contribution >= 0.6 is 11.6 Å². The minimum atomic E-state index is -0.640. The Morgan fingerprint density at radius 2 is 2.29 bits per heavy atom. The quantitative estimate of drug-likeness (QED) is 0.845. The summed E-state index contributed by atoms with van der Waals surface area (Å²) >= 11 is 5.87. The van der Waals surface area contributed by atoms with Crippen molar-refractivity contribution in [2.75, 3.05) is 13.2 Å². The van der Waals surface area contributed by atoms with Gasteiger partial charge in [0, 0.05) is 11.6 Å². The summed E-state index contributed by atoms with van der Waals surface area (Å²) in [5, 5.41) is 4.55. The normalized spacial score (nSPS) is 10.7. The Hall–Kier alpha value is -1.79. The average Bonchev–Trinajstić information content (AvgIpc) is 2.68. The summed E-state index contributed by atoms with van der Waals surface area (Å²) < 4.78 is 10.3. The molecule has 1 aromatic heterocycles. The van der Waals surface area contributed by atoms with Crippen LogP contribution in [0.2, 0.25) is 5.02 Å². The Balaban J connectivity index is 2.56. The first-order valence-electron chi connectivity index (χ1n) is 4.85. The van der Waals surface area contributed by atoms with Crippen molar-refractivity contribution in [3.05, 3.63) is 22.7 Å². The number of aromatic nitrogens is 1. The van der Waals surface area contributed by atoms with Crippen molar-refractivity contribution in [3.8, 4) is 5.88 Å². The molecule has 0 spiro atoms. The maximum absolute atomic E-state index is 11.2. The van der Waals surface area contributed by atoms with Crippen molar-refractivity contribution in [3.63, 3.8) is 0 Å². The molecule has 0 unspecified atom stereocenters. The molecule has 0 radical (unpaired) electrons. The molecule has 2 rings (SSSR count). The molecule has 4 N–H and O–H groups in total. The van der Waals surface area contributed by atoms with Gasteiger partial charge in [-0.2, -0.15) is 0 Å². The van der Waals surface area contributed by atoms with Gasteiger partial charge >= 0.3 is 0 Å². The number of nitrogens with zero attached hydrogens (tertiary/aromatic N) is 1.